The molecule has 0 radical (unpaired) electrons. The molecule has 0 fully saturated rings. The minimum Gasteiger partial charge on any atom is -0.465 e. The van der Waals surface area contributed by atoms with Crippen LogP contribution >= 0.6 is 22.6 Å². The normalized spacial score (nSPS) is 10.6. The van der Waals surface area contributed by atoms with Crippen molar-refractivity contribution in [3.05, 3.63) is 63.2 Å². The van der Waals surface area contributed by atoms with Gasteiger partial charge in [0.15, 0.2) is 0 Å². The Morgan fingerprint density at radius 2 is 1.81 bits per heavy atom. The van der Waals surface area contributed by atoms with E-state index in [1.807, 2.05) is 51.1 Å². The molecule has 27 heavy (non-hydrogen) atoms. The molecule has 0 aliphatic rings. The average Bonchev–Trinajstić information content (AvgIpc) is 2.64. The molecule has 0 spiro atoms. The van der Waals surface area contributed by atoms with E-state index in [2.05, 4.69) is 34.4 Å². The molecule has 140 valence electrons. The van der Waals surface area contributed by atoms with Crippen LogP contribution in [0.1, 0.15) is 36.7 Å². The van der Waals surface area contributed by atoms with E-state index in [0.717, 1.165) is 14.8 Å². The third-order valence-corrected chi connectivity index (χ3v) is 4.53. The van der Waals surface area contributed by atoms with Crippen molar-refractivity contribution in [1.29, 1.82) is 0 Å². The van der Waals surface area contributed by atoms with Gasteiger partial charge in [-0.15, -0.1) is 0 Å². The van der Waals surface area contributed by atoms with Crippen LogP contribution in [0.25, 0.3) is 0 Å². The second-order valence-corrected chi connectivity index (χ2v) is 8.20. The van der Waals surface area contributed by atoms with E-state index in [1.165, 1.54) is 7.11 Å². The maximum absolute atomic E-state index is 12.9. The zero-order valence-electron chi connectivity index (χ0n) is 15.9. The highest BCUT2D eigenvalue weighted by Crippen LogP contribution is 2.24. The van der Waals surface area contributed by atoms with Gasteiger partial charge < -0.3 is 4.74 Å². The number of rotatable bonds is 4. The van der Waals surface area contributed by atoms with Crippen LogP contribution in [0.2, 0.25) is 0 Å². The molecule has 2 aromatic rings. The van der Waals surface area contributed by atoms with Crippen LogP contribution < -0.4 is 4.90 Å². The average molecular weight is 475 g/mol. The van der Waals surface area contributed by atoms with Crippen molar-refractivity contribution in [2.75, 3.05) is 12.0 Å². The summed E-state index contributed by atoms with van der Waals surface area (Å²) in [7, 11) is 1.35. The summed E-state index contributed by atoms with van der Waals surface area (Å²) in [5, 5.41) is 0. The molecule has 0 atom stereocenters. The molecule has 0 aliphatic heterocycles. The predicted octanol–water partition coefficient (Wildman–Crippen LogP) is 4.66. The number of carbonyl (C=O) groups excluding carboxylic acids is 2. The van der Waals surface area contributed by atoms with Crippen molar-refractivity contribution in [1.82, 2.24) is 0 Å². The predicted molar refractivity (Wildman–Crippen MR) is 115 cm³/mol. The van der Waals surface area contributed by atoms with Crippen molar-refractivity contribution in [3.8, 4) is 11.8 Å². The van der Waals surface area contributed by atoms with Crippen LogP contribution in [0.5, 0.6) is 0 Å². The van der Waals surface area contributed by atoms with Crippen LogP contribution in [0, 0.1) is 20.8 Å². The quantitative estimate of drug-likeness (QED) is 0.367. The number of methoxy groups -OCH3 is 1. The van der Waals surface area contributed by atoms with Gasteiger partial charge >= 0.3 is 11.9 Å². The summed E-state index contributed by atoms with van der Waals surface area (Å²) in [5.41, 5.74) is 1.79. The fourth-order valence-corrected chi connectivity index (χ4v) is 3.02. The van der Waals surface area contributed by atoms with E-state index in [9.17, 15) is 9.59 Å². The first-order chi connectivity index (χ1) is 12.7. The lowest BCUT2D eigenvalue weighted by atomic mass is 9.98. The zero-order chi connectivity index (χ0) is 20.0. The highest BCUT2D eigenvalue weighted by atomic mass is 127. The Morgan fingerprint density at radius 1 is 1.11 bits per heavy atom. The molecule has 0 aliphatic carbocycles. The molecular weight excluding hydrogens is 453 g/mol. The SMILES string of the molecule is COC(=O)c1cccc(CN(C(=O)C#CC(C)(C)C)c2ccccc2I)c1. The molecule has 1 amide bonds. The molecule has 2 rings (SSSR count). The van der Waals surface area contributed by atoms with Gasteiger partial charge in [-0.2, -0.15) is 0 Å². The number of carbonyl (C=O) groups is 2. The van der Waals surface area contributed by atoms with Crippen molar-refractivity contribution in [2.24, 2.45) is 5.41 Å². The number of hydrogen-bond acceptors (Lipinski definition) is 3. The number of benzene rings is 2. The summed E-state index contributed by atoms with van der Waals surface area (Å²) in [5.74, 6) is 5.07. The lowest BCUT2D eigenvalue weighted by Gasteiger charge is -2.22. The molecule has 5 heteroatoms. The summed E-state index contributed by atoms with van der Waals surface area (Å²) in [6.45, 7) is 6.19. The molecule has 0 saturated heterocycles. The Balaban J connectivity index is 2.42. The lowest BCUT2D eigenvalue weighted by Crippen LogP contribution is -2.30. The van der Waals surface area contributed by atoms with Crippen LogP contribution in [0.4, 0.5) is 5.69 Å². The highest BCUT2D eigenvalue weighted by molar-refractivity contribution is 14.1. The molecule has 0 bridgehead atoms. The fraction of sp³-hybridized carbons (Fsp3) is 0.273. The van der Waals surface area contributed by atoms with E-state index in [1.54, 1.807) is 23.1 Å². The van der Waals surface area contributed by atoms with Gasteiger partial charge in [-0.1, -0.05) is 30.2 Å². The summed E-state index contributed by atoms with van der Waals surface area (Å²) in [4.78, 5) is 26.3. The molecule has 0 N–H and O–H groups in total. The fourth-order valence-electron chi connectivity index (χ4n) is 2.34. The number of ether oxygens (including phenoxy) is 1. The van der Waals surface area contributed by atoms with Crippen molar-refractivity contribution in [3.63, 3.8) is 0 Å². The third kappa shape index (κ3) is 6.10. The number of amides is 1. The first kappa shape index (κ1) is 21.0. The van der Waals surface area contributed by atoms with E-state index in [4.69, 9.17) is 4.74 Å². The number of hydrogen-bond donors (Lipinski definition) is 0. The van der Waals surface area contributed by atoms with E-state index in [0.29, 0.717) is 12.1 Å². The second-order valence-electron chi connectivity index (χ2n) is 7.03. The molecule has 0 saturated carbocycles. The van der Waals surface area contributed by atoms with Gasteiger partial charge in [-0.3, -0.25) is 9.69 Å². The van der Waals surface area contributed by atoms with Gasteiger partial charge in [0, 0.05) is 8.99 Å². The summed E-state index contributed by atoms with van der Waals surface area (Å²) in [6, 6.07) is 14.7. The molecule has 0 heterocycles. The Labute approximate surface area is 174 Å². The molecule has 0 unspecified atom stereocenters. The van der Waals surface area contributed by atoms with Gasteiger partial charge in [0.1, 0.15) is 0 Å². The molecule has 0 aromatic heterocycles. The first-order valence-corrected chi connectivity index (χ1v) is 9.55. The maximum Gasteiger partial charge on any atom is 0.337 e. The van der Waals surface area contributed by atoms with E-state index >= 15 is 0 Å². The van der Waals surface area contributed by atoms with E-state index < -0.39 is 5.97 Å². The first-order valence-electron chi connectivity index (χ1n) is 8.48. The Hall–Kier alpha value is -2.33. The number of para-hydroxylation sites is 1. The van der Waals surface area contributed by atoms with Gasteiger partial charge in [-0.05, 0) is 79.1 Å². The maximum atomic E-state index is 12.9. The van der Waals surface area contributed by atoms with Crippen LogP contribution in [0.15, 0.2) is 48.5 Å². The molecule has 4 nitrogen and oxygen atoms in total. The zero-order valence-corrected chi connectivity index (χ0v) is 18.0. The Bertz CT molecular complexity index is 904. The molecular formula is C22H22INO3. The largest absolute Gasteiger partial charge is 0.465 e. The minimum atomic E-state index is -0.406. The number of esters is 1. The summed E-state index contributed by atoms with van der Waals surface area (Å²) < 4.78 is 5.73. The number of halogens is 1. The molecule has 2 aromatic carbocycles. The lowest BCUT2D eigenvalue weighted by molar-refractivity contribution is -0.113. The highest BCUT2D eigenvalue weighted by Gasteiger charge is 2.18. The van der Waals surface area contributed by atoms with Gasteiger partial charge in [0.05, 0.1) is 24.9 Å². The van der Waals surface area contributed by atoms with Crippen LogP contribution in [-0.4, -0.2) is 19.0 Å². The summed E-state index contributed by atoms with van der Waals surface area (Å²) >= 11 is 2.20. The topological polar surface area (TPSA) is 46.6 Å². The minimum absolute atomic E-state index is 0.268. The standard InChI is InChI=1S/C22H22INO3/c1-22(2,3)13-12-20(25)24(19-11-6-5-10-18(19)23)15-16-8-7-9-17(14-16)21(26)27-4/h5-11,14H,15H2,1-4H3. The second kappa shape index (κ2) is 9.05. The number of nitrogens with zero attached hydrogens (tertiary/aromatic N) is 1. The van der Waals surface area contributed by atoms with Gasteiger partial charge in [0.2, 0.25) is 0 Å². The monoisotopic (exact) mass is 475 g/mol. The Morgan fingerprint density at radius 3 is 2.44 bits per heavy atom. The van der Waals surface area contributed by atoms with Crippen molar-refractivity contribution in [2.45, 2.75) is 27.3 Å². The Kier molecular flexibility index (Phi) is 7.03. The van der Waals surface area contributed by atoms with Crippen LogP contribution in [-0.2, 0) is 16.1 Å². The van der Waals surface area contributed by atoms with Gasteiger partial charge in [-0.25, -0.2) is 4.79 Å². The van der Waals surface area contributed by atoms with Gasteiger partial charge in [0.25, 0.3) is 0 Å². The third-order valence-electron chi connectivity index (χ3n) is 3.62. The van der Waals surface area contributed by atoms with E-state index in [-0.39, 0.29) is 11.3 Å². The summed E-state index contributed by atoms with van der Waals surface area (Å²) in [6.07, 6.45) is 0. The van der Waals surface area contributed by atoms with Crippen molar-refractivity contribution >= 4 is 40.2 Å². The number of anilines is 1. The smallest absolute Gasteiger partial charge is 0.337 e. The van der Waals surface area contributed by atoms with Crippen molar-refractivity contribution < 1.29 is 14.3 Å². The van der Waals surface area contributed by atoms with Crippen LogP contribution in [0.3, 0.4) is 0 Å².